The van der Waals surface area contributed by atoms with Gasteiger partial charge in [0.05, 0.1) is 24.5 Å². The Morgan fingerprint density at radius 2 is 1.86 bits per heavy atom. The number of nitrogens with zero attached hydrogens (tertiary/aromatic N) is 4. The molecule has 0 radical (unpaired) electrons. The summed E-state index contributed by atoms with van der Waals surface area (Å²) < 4.78 is 21.0. The van der Waals surface area contributed by atoms with Gasteiger partial charge in [0.1, 0.15) is 18.0 Å². The number of rotatable bonds is 7. The van der Waals surface area contributed by atoms with E-state index in [4.69, 9.17) is 37.4 Å². The average molecular weight is 545 g/mol. The normalized spacial score (nSPS) is 23.9. The minimum absolute atomic E-state index is 0.127. The number of imidazole rings is 1. The summed E-state index contributed by atoms with van der Waals surface area (Å²) in [6, 6.07) is 13.3. The van der Waals surface area contributed by atoms with Gasteiger partial charge in [-0.25, -0.2) is 4.98 Å². The Hall–Kier alpha value is -2.78. The zero-order valence-electron chi connectivity index (χ0n) is 20.9. The molecular formula is C27H30Cl2N4O4. The van der Waals surface area contributed by atoms with Crippen molar-refractivity contribution in [3.63, 3.8) is 0 Å². The molecule has 0 saturated carbocycles. The van der Waals surface area contributed by atoms with Crippen LogP contribution in [0.2, 0.25) is 10.0 Å². The van der Waals surface area contributed by atoms with Crippen LogP contribution in [0.3, 0.4) is 0 Å². The van der Waals surface area contributed by atoms with Gasteiger partial charge in [-0.3, -0.25) is 4.79 Å². The molecule has 0 N–H and O–H groups in total. The van der Waals surface area contributed by atoms with Crippen LogP contribution in [-0.4, -0.2) is 65.4 Å². The second-order valence-electron chi connectivity index (χ2n) is 9.73. The summed E-state index contributed by atoms with van der Waals surface area (Å²) in [6.45, 7) is 7.67. The zero-order valence-corrected chi connectivity index (χ0v) is 22.4. The lowest BCUT2D eigenvalue weighted by molar-refractivity contribution is -0.206. The third-order valence-corrected chi connectivity index (χ3v) is 7.33. The number of carbonyl (C=O) groups is 1. The van der Waals surface area contributed by atoms with Crippen LogP contribution in [0.25, 0.3) is 0 Å². The molecule has 3 aromatic rings. The molecule has 1 unspecified atom stereocenters. The lowest BCUT2D eigenvalue weighted by Crippen LogP contribution is -2.48. The fourth-order valence-electron chi connectivity index (χ4n) is 4.78. The monoisotopic (exact) mass is 544 g/mol. The number of ether oxygens (including phenoxy) is 3. The van der Waals surface area contributed by atoms with Gasteiger partial charge >= 0.3 is 0 Å². The van der Waals surface area contributed by atoms with Crippen LogP contribution >= 0.6 is 23.2 Å². The predicted molar refractivity (Wildman–Crippen MR) is 142 cm³/mol. The third kappa shape index (κ3) is 5.72. The predicted octanol–water partition coefficient (Wildman–Crippen LogP) is 4.60. The fraction of sp³-hybridized carbons (Fsp3) is 0.407. The van der Waals surface area contributed by atoms with E-state index in [1.807, 2.05) is 52.9 Å². The molecule has 2 aliphatic heterocycles. The Bertz CT molecular complexity index is 1230. The number of hydrogen-bond acceptors (Lipinski definition) is 6. The van der Waals surface area contributed by atoms with Crippen molar-refractivity contribution in [2.45, 2.75) is 31.8 Å². The molecule has 3 heterocycles. The second kappa shape index (κ2) is 10.5. The Labute approximate surface area is 226 Å². The van der Waals surface area contributed by atoms with Gasteiger partial charge in [-0.2, -0.15) is 0 Å². The molecule has 1 amide bonds. The molecule has 1 aromatic heterocycles. The van der Waals surface area contributed by atoms with Crippen LogP contribution in [-0.2, 0) is 26.6 Å². The molecular weight excluding hydrogens is 515 g/mol. The Balaban J connectivity index is 1.26. The molecule has 37 heavy (non-hydrogen) atoms. The summed E-state index contributed by atoms with van der Waals surface area (Å²) in [5.41, 5.74) is 1.09. The van der Waals surface area contributed by atoms with E-state index in [9.17, 15) is 4.79 Å². The van der Waals surface area contributed by atoms with Gasteiger partial charge in [-0.05, 0) is 43.3 Å². The number of hydrogen-bond donors (Lipinski definition) is 0. The molecule has 5 rings (SSSR count). The molecule has 2 saturated heterocycles. The highest BCUT2D eigenvalue weighted by Crippen LogP contribution is 2.44. The summed E-state index contributed by atoms with van der Waals surface area (Å²) in [5, 5.41) is 1.01. The summed E-state index contributed by atoms with van der Waals surface area (Å²) in [7, 11) is 0. The van der Waals surface area contributed by atoms with Crippen LogP contribution in [0.1, 0.15) is 19.4 Å². The van der Waals surface area contributed by atoms with Crippen molar-refractivity contribution in [2.75, 3.05) is 44.3 Å². The van der Waals surface area contributed by atoms with Gasteiger partial charge in [0.15, 0.2) is 0 Å². The molecule has 8 nitrogen and oxygen atoms in total. The fourth-order valence-corrected chi connectivity index (χ4v) is 5.33. The SMILES string of the molecule is CC(=O)N1CCN(c2ccc(OC[C@]3(C)COC(Cn4ccnc4)(c4ccc(Cl)cc4Cl)O3)cc2)CC1. The molecule has 2 atom stereocenters. The number of amides is 1. The van der Waals surface area contributed by atoms with Crippen molar-refractivity contribution in [3.05, 3.63) is 76.8 Å². The van der Waals surface area contributed by atoms with E-state index in [1.54, 1.807) is 31.6 Å². The van der Waals surface area contributed by atoms with Crippen molar-refractivity contribution in [3.8, 4) is 5.75 Å². The highest BCUT2D eigenvalue weighted by atomic mass is 35.5. The maximum Gasteiger partial charge on any atom is 0.219 e. The largest absolute Gasteiger partial charge is 0.490 e. The Kier molecular flexibility index (Phi) is 7.36. The van der Waals surface area contributed by atoms with Gasteiger partial charge in [-0.1, -0.05) is 29.3 Å². The molecule has 196 valence electrons. The van der Waals surface area contributed by atoms with Gasteiger partial charge in [0.2, 0.25) is 11.7 Å². The summed E-state index contributed by atoms with van der Waals surface area (Å²) in [5.74, 6) is -0.248. The first-order valence-electron chi connectivity index (χ1n) is 12.2. The number of aromatic nitrogens is 2. The van der Waals surface area contributed by atoms with Crippen LogP contribution in [0.4, 0.5) is 5.69 Å². The highest BCUT2D eigenvalue weighted by molar-refractivity contribution is 6.35. The molecule has 0 bridgehead atoms. The van der Waals surface area contributed by atoms with Crippen LogP contribution < -0.4 is 9.64 Å². The maximum atomic E-state index is 11.6. The van der Waals surface area contributed by atoms with E-state index in [2.05, 4.69) is 9.88 Å². The Morgan fingerprint density at radius 3 is 2.51 bits per heavy atom. The summed E-state index contributed by atoms with van der Waals surface area (Å²) >= 11 is 12.7. The van der Waals surface area contributed by atoms with Crippen molar-refractivity contribution >= 4 is 34.8 Å². The maximum absolute atomic E-state index is 11.6. The smallest absolute Gasteiger partial charge is 0.219 e. The van der Waals surface area contributed by atoms with E-state index >= 15 is 0 Å². The second-order valence-corrected chi connectivity index (χ2v) is 10.6. The first-order chi connectivity index (χ1) is 17.8. The number of piperazine rings is 1. The molecule has 10 heteroatoms. The van der Waals surface area contributed by atoms with Gasteiger partial charge < -0.3 is 28.6 Å². The van der Waals surface area contributed by atoms with Gasteiger partial charge in [0, 0.05) is 61.8 Å². The minimum atomic E-state index is -1.12. The molecule has 0 aliphatic carbocycles. The van der Waals surface area contributed by atoms with E-state index in [1.165, 1.54) is 0 Å². The van der Waals surface area contributed by atoms with E-state index < -0.39 is 11.4 Å². The van der Waals surface area contributed by atoms with E-state index in [-0.39, 0.29) is 5.91 Å². The van der Waals surface area contributed by atoms with Crippen molar-refractivity contribution in [1.82, 2.24) is 14.5 Å². The van der Waals surface area contributed by atoms with E-state index in [0.29, 0.717) is 35.4 Å². The van der Waals surface area contributed by atoms with Gasteiger partial charge in [-0.15, -0.1) is 0 Å². The number of benzene rings is 2. The molecule has 2 aromatic carbocycles. The first-order valence-corrected chi connectivity index (χ1v) is 13.0. The van der Waals surface area contributed by atoms with Crippen LogP contribution in [0.5, 0.6) is 5.75 Å². The van der Waals surface area contributed by atoms with Crippen molar-refractivity contribution in [1.29, 1.82) is 0 Å². The quantitative estimate of drug-likeness (QED) is 0.433. The van der Waals surface area contributed by atoms with Gasteiger partial charge in [0.25, 0.3) is 0 Å². The van der Waals surface area contributed by atoms with Crippen molar-refractivity contribution in [2.24, 2.45) is 0 Å². The summed E-state index contributed by atoms with van der Waals surface area (Å²) in [6.07, 6.45) is 5.28. The third-order valence-electron chi connectivity index (χ3n) is 6.78. The highest BCUT2D eigenvalue weighted by Gasteiger charge is 2.51. The zero-order chi connectivity index (χ0) is 26.0. The van der Waals surface area contributed by atoms with E-state index in [0.717, 1.165) is 37.6 Å². The Morgan fingerprint density at radius 1 is 1.11 bits per heavy atom. The molecule has 2 fully saturated rings. The van der Waals surface area contributed by atoms with Crippen LogP contribution in [0.15, 0.2) is 61.2 Å². The number of carbonyl (C=O) groups excluding carboxylic acids is 1. The van der Waals surface area contributed by atoms with Crippen molar-refractivity contribution < 1.29 is 19.0 Å². The first kappa shape index (κ1) is 25.9. The lowest BCUT2D eigenvalue weighted by Gasteiger charge is -2.35. The topological polar surface area (TPSA) is 69.1 Å². The minimum Gasteiger partial charge on any atom is -0.490 e. The molecule has 2 aliphatic rings. The van der Waals surface area contributed by atoms with Crippen LogP contribution in [0, 0.1) is 0 Å². The number of anilines is 1. The number of halogens is 2. The molecule has 0 spiro atoms. The lowest BCUT2D eigenvalue weighted by atomic mass is 10.0. The average Bonchev–Trinajstić information content (AvgIpc) is 3.51. The summed E-state index contributed by atoms with van der Waals surface area (Å²) in [4.78, 5) is 19.9. The standard InChI is InChI=1S/C27H30Cl2N4O4/c1-20(34)32-11-13-33(14-12-32)22-4-6-23(7-5-22)35-17-26(2)18-36-27(37-26,16-31-10-9-30-19-31)24-8-3-21(28)15-25(24)29/h3-10,15,19H,11-14,16-18H2,1-2H3/t26-,27?/m1/s1.